The normalized spacial score (nSPS) is 13.1. The predicted molar refractivity (Wildman–Crippen MR) is 94.9 cm³/mol. The molecule has 1 atom stereocenters. The minimum absolute atomic E-state index is 0.0548. The van der Waals surface area contributed by atoms with Crippen LogP contribution in [0.15, 0.2) is 0 Å². The second kappa shape index (κ2) is 12.9. The first-order valence-corrected chi connectivity index (χ1v) is 9.32. The fourth-order valence-corrected chi connectivity index (χ4v) is 2.55. The maximum Gasteiger partial charge on any atom is 0.305 e. The third-order valence-corrected chi connectivity index (χ3v) is 4.28. The predicted octanol–water partition coefficient (Wildman–Crippen LogP) is 5.21. The van der Waals surface area contributed by atoms with Crippen LogP contribution in [-0.4, -0.2) is 18.6 Å². The number of hydrogen-bond acceptors (Lipinski definition) is 3. The van der Waals surface area contributed by atoms with Gasteiger partial charge in [-0.15, -0.1) is 0 Å². The van der Waals surface area contributed by atoms with E-state index in [4.69, 9.17) is 10.5 Å². The largest absolute Gasteiger partial charge is 0.465 e. The first kappa shape index (κ1) is 21.4. The average Bonchev–Trinajstić information content (AvgIpc) is 2.48. The van der Waals surface area contributed by atoms with E-state index in [2.05, 4.69) is 20.8 Å². The van der Waals surface area contributed by atoms with Crippen molar-refractivity contribution >= 4 is 5.97 Å². The maximum absolute atomic E-state index is 11.4. The van der Waals surface area contributed by atoms with Gasteiger partial charge in [0.15, 0.2) is 0 Å². The van der Waals surface area contributed by atoms with E-state index in [0.717, 1.165) is 19.3 Å². The van der Waals surface area contributed by atoms with Crippen LogP contribution >= 0.6 is 0 Å². The fourth-order valence-electron chi connectivity index (χ4n) is 2.55. The summed E-state index contributed by atoms with van der Waals surface area (Å²) in [6.07, 6.45) is 12.5. The first-order valence-electron chi connectivity index (χ1n) is 9.32. The number of rotatable bonds is 14. The molecule has 0 aromatic heterocycles. The molecule has 132 valence electrons. The molecule has 0 saturated carbocycles. The minimum atomic E-state index is -0.0548. The molecule has 0 radical (unpaired) electrons. The van der Waals surface area contributed by atoms with Crippen molar-refractivity contribution in [3.05, 3.63) is 0 Å². The summed E-state index contributed by atoms with van der Waals surface area (Å²) in [7, 11) is 0. The molecule has 0 rings (SSSR count). The maximum atomic E-state index is 11.4. The molecule has 0 heterocycles. The van der Waals surface area contributed by atoms with Crippen molar-refractivity contribution in [2.45, 2.75) is 104 Å². The van der Waals surface area contributed by atoms with E-state index in [1.165, 1.54) is 44.9 Å². The number of ether oxygens (including phenoxy) is 1. The lowest BCUT2D eigenvalue weighted by molar-refractivity contribution is -0.146. The Bertz CT molecular complexity index is 277. The summed E-state index contributed by atoms with van der Waals surface area (Å²) >= 11 is 0. The standard InChI is InChI=1S/C19H39NO2/c1-5-13-18(21)22-16-19(3,4)15-12-10-8-7-9-11-14-17(20)6-2/h17H,5-16,20H2,1-4H3. The highest BCUT2D eigenvalue weighted by molar-refractivity contribution is 5.69. The number of esters is 1. The molecular formula is C19H39NO2. The van der Waals surface area contributed by atoms with Crippen LogP contribution in [-0.2, 0) is 9.53 Å². The van der Waals surface area contributed by atoms with Gasteiger partial charge in [0.05, 0.1) is 6.61 Å². The van der Waals surface area contributed by atoms with Gasteiger partial charge in [0, 0.05) is 12.5 Å². The van der Waals surface area contributed by atoms with Crippen molar-refractivity contribution in [3.63, 3.8) is 0 Å². The Labute approximate surface area is 138 Å². The van der Waals surface area contributed by atoms with Gasteiger partial charge in [0.1, 0.15) is 0 Å². The van der Waals surface area contributed by atoms with E-state index in [-0.39, 0.29) is 11.4 Å². The van der Waals surface area contributed by atoms with Crippen LogP contribution in [0.3, 0.4) is 0 Å². The average molecular weight is 314 g/mol. The Hall–Kier alpha value is -0.570. The Kier molecular flexibility index (Phi) is 12.6. The van der Waals surface area contributed by atoms with Gasteiger partial charge in [0.2, 0.25) is 0 Å². The molecule has 0 aliphatic rings. The quantitative estimate of drug-likeness (QED) is 0.353. The molecule has 0 aliphatic heterocycles. The molecule has 1 unspecified atom stereocenters. The van der Waals surface area contributed by atoms with E-state index in [0.29, 0.717) is 19.1 Å². The van der Waals surface area contributed by atoms with Gasteiger partial charge in [-0.05, 0) is 31.1 Å². The Morgan fingerprint density at radius 1 is 1.05 bits per heavy atom. The molecule has 22 heavy (non-hydrogen) atoms. The van der Waals surface area contributed by atoms with E-state index in [9.17, 15) is 4.79 Å². The lowest BCUT2D eigenvalue weighted by Crippen LogP contribution is -2.21. The van der Waals surface area contributed by atoms with Gasteiger partial charge in [-0.3, -0.25) is 4.79 Å². The van der Waals surface area contributed by atoms with Gasteiger partial charge in [-0.1, -0.05) is 66.2 Å². The smallest absolute Gasteiger partial charge is 0.305 e. The third-order valence-electron chi connectivity index (χ3n) is 4.28. The molecule has 0 spiro atoms. The molecule has 0 saturated heterocycles. The molecule has 0 aromatic rings. The summed E-state index contributed by atoms with van der Waals surface area (Å²) in [5.74, 6) is -0.0548. The highest BCUT2D eigenvalue weighted by atomic mass is 16.5. The van der Waals surface area contributed by atoms with Crippen LogP contribution in [0.4, 0.5) is 0 Å². The summed E-state index contributed by atoms with van der Waals surface area (Å²) < 4.78 is 5.34. The Balaban J connectivity index is 3.50. The summed E-state index contributed by atoms with van der Waals surface area (Å²) in [5.41, 5.74) is 6.02. The van der Waals surface area contributed by atoms with Crippen LogP contribution in [0.2, 0.25) is 0 Å². The van der Waals surface area contributed by atoms with Gasteiger partial charge < -0.3 is 10.5 Å². The van der Waals surface area contributed by atoms with Crippen LogP contribution in [0.25, 0.3) is 0 Å². The van der Waals surface area contributed by atoms with E-state index in [1.54, 1.807) is 0 Å². The number of carbonyl (C=O) groups excluding carboxylic acids is 1. The first-order chi connectivity index (χ1) is 10.4. The molecular weight excluding hydrogens is 274 g/mol. The van der Waals surface area contributed by atoms with Crippen molar-refractivity contribution in [2.75, 3.05) is 6.61 Å². The number of hydrogen-bond donors (Lipinski definition) is 1. The zero-order valence-corrected chi connectivity index (χ0v) is 15.5. The van der Waals surface area contributed by atoms with Crippen LogP contribution in [0.1, 0.15) is 98.3 Å². The second-order valence-electron chi connectivity index (χ2n) is 7.40. The highest BCUT2D eigenvalue weighted by Crippen LogP contribution is 2.24. The Morgan fingerprint density at radius 2 is 1.64 bits per heavy atom. The monoisotopic (exact) mass is 313 g/mol. The topological polar surface area (TPSA) is 52.3 Å². The SMILES string of the molecule is CCCC(=O)OCC(C)(C)CCCCCCCCC(N)CC. The van der Waals surface area contributed by atoms with Gasteiger partial charge in [-0.25, -0.2) is 0 Å². The molecule has 0 bridgehead atoms. The zero-order valence-electron chi connectivity index (χ0n) is 15.5. The molecule has 0 aromatic carbocycles. The fraction of sp³-hybridized carbons (Fsp3) is 0.947. The van der Waals surface area contributed by atoms with E-state index in [1.807, 2.05) is 6.92 Å². The zero-order chi connectivity index (χ0) is 16.8. The van der Waals surface area contributed by atoms with Crippen molar-refractivity contribution < 1.29 is 9.53 Å². The summed E-state index contributed by atoms with van der Waals surface area (Å²) in [6.45, 7) is 9.10. The number of carbonyl (C=O) groups is 1. The van der Waals surface area contributed by atoms with Crippen molar-refractivity contribution in [2.24, 2.45) is 11.1 Å². The molecule has 3 nitrogen and oxygen atoms in total. The number of unbranched alkanes of at least 4 members (excludes halogenated alkanes) is 5. The molecule has 0 fully saturated rings. The lowest BCUT2D eigenvalue weighted by Gasteiger charge is -2.24. The summed E-state index contributed by atoms with van der Waals surface area (Å²) in [5, 5.41) is 0. The van der Waals surface area contributed by atoms with Crippen LogP contribution < -0.4 is 5.73 Å². The van der Waals surface area contributed by atoms with Crippen molar-refractivity contribution in [3.8, 4) is 0 Å². The highest BCUT2D eigenvalue weighted by Gasteiger charge is 2.19. The van der Waals surface area contributed by atoms with Crippen molar-refractivity contribution in [1.82, 2.24) is 0 Å². The van der Waals surface area contributed by atoms with E-state index >= 15 is 0 Å². The summed E-state index contributed by atoms with van der Waals surface area (Å²) in [4.78, 5) is 11.4. The molecule has 3 heteroatoms. The molecule has 0 amide bonds. The van der Waals surface area contributed by atoms with Gasteiger partial charge in [0.25, 0.3) is 0 Å². The van der Waals surface area contributed by atoms with Crippen LogP contribution in [0, 0.1) is 5.41 Å². The minimum Gasteiger partial charge on any atom is -0.465 e. The van der Waals surface area contributed by atoms with Crippen molar-refractivity contribution in [1.29, 1.82) is 0 Å². The van der Waals surface area contributed by atoms with Crippen LogP contribution in [0.5, 0.6) is 0 Å². The van der Waals surface area contributed by atoms with Gasteiger partial charge in [-0.2, -0.15) is 0 Å². The molecule has 2 N–H and O–H groups in total. The van der Waals surface area contributed by atoms with Gasteiger partial charge >= 0.3 is 5.97 Å². The third kappa shape index (κ3) is 13.1. The Morgan fingerprint density at radius 3 is 2.23 bits per heavy atom. The molecule has 0 aliphatic carbocycles. The second-order valence-corrected chi connectivity index (χ2v) is 7.40. The summed E-state index contributed by atoms with van der Waals surface area (Å²) in [6, 6.07) is 0.399. The lowest BCUT2D eigenvalue weighted by atomic mass is 9.87. The number of nitrogens with two attached hydrogens (primary N) is 1. The van der Waals surface area contributed by atoms with E-state index < -0.39 is 0 Å².